The van der Waals surface area contributed by atoms with Gasteiger partial charge in [0.25, 0.3) is 0 Å². The number of methoxy groups -OCH3 is 1. The average Bonchev–Trinajstić information content (AvgIpc) is 2.86. The molecule has 8 heteroatoms. The molecule has 0 bridgehead atoms. The fourth-order valence-corrected chi connectivity index (χ4v) is 2.76. The van der Waals surface area contributed by atoms with Crippen LogP contribution in [0.2, 0.25) is 0 Å². The van der Waals surface area contributed by atoms with Gasteiger partial charge in [-0.05, 0) is 69.4 Å². The first kappa shape index (κ1) is 43.3. The molecule has 1 aromatic rings. The van der Waals surface area contributed by atoms with E-state index in [0.29, 0.717) is 0 Å². The number of carbonyl (C=O) groups is 1. The molecule has 4 nitrogen and oxygen atoms in total. The summed E-state index contributed by atoms with van der Waals surface area (Å²) < 4.78 is 52.0. The molecule has 0 radical (unpaired) electrons. The zero-order chi connectivity index (χ0) is 31.4. The van der Waals surface area contributed by atoms with E-state index < -0.39 is 22.7 Å². The summed E-state index contributed by atoms with van der Waals surface area (Å²) in [5, 5.41) is 0. The lowest BCUT2D eigenvalue weighted by atomic mass is 9.94. The Morgan fingerprint density at radius 2 is 1.51 bits per heavy atom. The maximum absolute atomic E-state index is 11.2. The van der Waals surface area contributed by atoms with Crippen LogP contribution in [0, 0.1) is 0 Å². The van der Waals surface area contributed by atoms with Crippen molar-refractivity contribution >= 4 is 28.5 Å². The van der Waals surface area contributed by atoms with Crippen LogP contribution in [0.15, 0.2) is 78.4 Å². The number of alkyl halides is 3. The van der Waals surface area contributed by atoms with Crippen LogP contribution in [0.3, 0.4) is 0 Å². The summed E-state index contributed by atoms with van der Waals surface area (Å²) in [6.07, 6.45) is 8.69. The summed E-state index contributed by atoms with van der Waals surface area (Å²) in [7, 11) is 0.653. The molecule has 0 spiro atoms. The second kappa shape index (κ2) is 28.3. The van der Waals surface area contributed by atoms with Crippen LogP contribution < -0.4 is 4.72 Å². The fraction of sp³-hybridized carbons (Fsp3) is 0.452. The van der Waals surface area contributed by atoms with E-state index in [9.17, 15) is 17.4 Å². The molecule has 39 heavy (non-hydrogen) atoms. The highest BCUT2D eigenvalue weighted by Gasteiger charge is 2.27. The molecule has 0 aliphatic heterocycles. The molecule has 0 aliphatic rings. The second-order valence-electron chi connectivity index (χ2n) is 7.56. The van der Waals surface area contributed by atoms with Gasteiger partial charge >= 0.3 is 6.18 Å². The van der Waals surface area contributed by atoms with Gasteiger partial charge in [-0.3, -0.25) is 0 Å². The van der Waals surface area contributed by atoms with Crippen LogP contribution in [0.4, 0.5) is 18.9 Å². The van der Waals surface area contributed by atoms with Crippen LogP contribution >= 0.6 is 0 Å². The fourth-order valence-electron chi connectivity index (χ4n) is 2.29. The van der Waals surface area contributed by atoms with Crippen LogP contribution in [0.5, 0.6) is 0 Å². The number of nitrogens with one attached hydrogen (secondary N) is 1. The summed E-state index contributed by atoms with van der Waals surface area (Å²) in [5.41, 5.74) is 4.53. The molecule has 0 heterocycles. The third-order valence-electron chi connectivity index (χ3n) is 3.95. The Bertz CT molecular complexity index is 899. The van der Waals surface area contributed by atoms with Crippen LogP contribution in [0.1, 0.15) is 73.8 Å². The van der Waals surface area contributed by atoms with Crippen molar-refractivity contribution in [3.05, 3.63) is 84.0 Å². The molecule has 1 N–H and O–H groups in total. The van der Waals surface area contributed by atoms with E-state index in [4.69, 9.17) is 9.53 Å². The number of hydrogen-bond donors (Lipinski definition) is 1. The number of halogens is 3. The lowest BCUT2D eigenvalue weighted by Gasteiger charge is -2.11. The standard InChI is InChI=1S/C19H25NOS.C4H5F3.C4H10O.C2H4O.C2H6/c1-6-8-10-18(15(3)4)19(9-7-2)16-11-13-17(14-12-16)20-22(5)21;1-3(2)4(5,6)7;1-3-4-5-2;1-2-3;1-2/h7-14,20H,3,6H2,1-2,4-5H3;1H2,2H3;3-4H2,1-2H3;2H,1H3;1-2H3/b9-7-,10-8+,19-18+;;;;. The Morgan fingerprint density at radius 1 is 1.05 bits per heavy atom. The number of anilines is 1. The van der Waals surface area contributed by atoms with Crippen molar-refractivity contribution in [1.29, 1.82) is 0 Å². The number of ether oxygens (including phenoxy) is 1. The second-order valence-corrected chi connectivity index (χ2v) is 8.67. The monoisotopic (exact) mass is 573 g/mol. The first-order chi connectivity index (χ1) is 18.3. The zero-order valence-electron chi connectivity index (χ0n) is 25.5. The number of hydrogen-bond acceptors (Lipinski definition) is 3. The Hall–Kier alpha value is -2.71. The number of carbonyl (C=O) groups excluding carboxylic acids is 1. The van der Waals surface area contributed by atoms with Gasteiger partial charge in [0.1, 0.15) is 17.3 Å². The third-order valence-corrected chi connectivity index (χ3v) is 4.48. The van der Waals surface area contributed by atoms with E-state index in [1.54, 1.807) is 13.4 Å². The van der Waals surface area contributed by atoms with Gasteiger partial charge in [0.2, 0.25) is 0 Å². The molecular weight excluding hydrogens is 523 g/mol. The van der Waals surface area contributed by atoms with Gasteiger partial charge in [-0.15, -0.1) is 0 Å². The van der Waals surface area contributed by atoms with Gasteiger partial charge < -0.3 is 14.3 Å². The molecule has 0 aliphatic carbocycles. The van der Waals surface area contributed by atoms with Gasteiger partial charge in [-0.2, -0.15) is 13.2 Å². The number of benzene rings is 1. The lowest BCUT2D eigenvalue weighted by Crippen LogP contribution is -2.06. The predicted octanol–water partition coefficient (Wildman–Crippen LogP) is 9.66. The van der Waals surface area contributed by atoms with Gasteiger partial charge in [0, 0.05) is 31.2 Å². The van der Waals surface area contributed by atoms with E-state index in [2.05, 4.69) is 50.0 Å². The summed E-state index contributed by atoms with van der Waals surface area (Å²) >= 11 is 0. The van der Waals surface area contributed by atoms with E-state index in [0.717, 1.165) is 60.6 Å². The first-order valence-corrected chi connectivity index (χ1v) is 14.3. The topological polar surface area (TPSA) is 55.4 Å². The van der Waals surface area contributed by atoms with Gasteiger partial charge in [-0.25, -0.2) is 4.21 Å². The number of aldehydes is 1. The van der Waals surface area contributed by atoms with Crippen LogP contribution in [-0.2, 0) is 20.5 Å². The van der Waals surface area contributed by atoms with Gasteiger partial charge in [-0.1, -0.05) is 82.9 Å². The molecule has 1 unspecified atom stereocenters. The molecular formula is C31H50F3NO3S. The van der Waals surface area contributed by atoms with Crippen molar-refractivity contribution in [3.8, 4) is 0 Å². The molecule has 224 valence electrons. The molecule has 1 atom stereocenters. The van der Waals surface area contributed by atoms with Crippen molar-refractivity contribution in [3.63, 3.8) is 0 Å². The smallest absolute Gasteiger partial charge is 0.385 e. The quantitative estimate of drug-likeness (QED) is 0.182. The molecule has 1 rings (SSSR count). The maximum Gasteiger partial charge on any atom is 0.411 e. The highest BCUT2D eigenvalue weighted by Crippen LogP contribution is 2.27. The SMILES string of the molecule is C=C(C)C(/C=C/CC)=C(\C=C/C)c1ccc(NS(C)=O)cc1.C=C(C)C(F)(F)F.CC.CC=O.CCCOC. The molecule has 0 amide bonds. The van der Waals surface area contributed by atoms with Gasteiger partial charge in [0.15, 0.2) is 0 Å². The third kappa shape index (κ3) is 26.7. The number of allylic oxidation sites excluding steroid dienone is 8. The summed E-state index contributed by atoms with van der Waals surface area (Å²) in [6, 6.07) is 7.96. The normalized spacial score (nSPS) is 11.6. The summed E-state index contributed by atoms with van der Waals surface area (Å²) in [6.45, 7) is 22.3. The van der Waals surface area contributed by atoms with E-state index in [1.165, 1.54) is 6.92 Å². The van der Waals surface area contributed by atoms with E-state index in [1.807, 2.05) is 58.0 Å². The van der Waals surface area contributed by atoms with Crippen molar-refractivity contribution < 1.29 is 26.9 Å². The Morgan fingerprint density at radius 3 is 1.77 bits per heavy atom. The van der Waals surface area contributed by atoms with Crippen molar-refractivity contribution in [1.82, 2.24) is 0 Å². The minimum absolute atomic E-state index is 0.750. The molecule has 1 aromatic carbocycles. The lowest BCUT2D eigenvalue weighted by molar-refractivity contribution is -0.106. The Kier molecular flexibility index (Phi) is 31.5. The minimum Gasteiger partial charge on any atom is -0.385 e. The van der Waals surface area contributed by atoms with E-state index in [-0.39, 0.29) is 0 Å². The summed E-state index contributed by atoms with van der Waals surface area (Å²) in [5.74, 6) is 0. The zero-order valence-corrected chi connectivity index (χ0v) is 26.3. The van der Waals surface area contributed by atoms with Crippen molar-refractivity contribution in [2.45, 2.75) is 74.4 Å². The summed E-state index contributed by atoms with van der Waals surface area (Å²) in [4.78, 5) is 8.81. The molecule has 0 saturated carbocycles. The van der Waals surface area contributed by atoms with Crippen molar-refractivity contribution in [2.75, 3.05) is 24.7 Å². The van der Waals surface area contributed by atoms with Gasteiger partial charge in [0.05, 0.1) is 0 Å². The highest BCUT2D eigenvalue weighted by atomic mass is 32.2. The average molecular weight is 574 g/mol. The number of rotatable bonds is 9. The Balaban J connectivity index is -0.000000294. The Labute approximate surface area is 238 Å². The molecule has 0 aromatic heterocycles. The largest absolute Gasteiger partial charge is 0.411 e. The maximum atomic E-state index is 11.2. The minimum atomic E-state index is -4.19. The van der Waals surface area contributed by atoms with Crippen molar-refractivity contribution in [2.24, 2.45) is 0 Å². The highest BCUT2D eigenvalue weighted by molar-refractivity contribution is 7.85. The van der Waals surface area contributed by atoms with Crippen LogP contribution in [-0.4, -0.2) is 36.6 Å². The molecule has 0 fully saturated rings. The molecule has 0 saturated heterocycles. The van der Waals surface area contributed by atoms with E-state index >= 15 is 0 Å². The first-order valence-electron chi connectivity index (χ1n) is 12.8. The van der Waals surface area contributed by atoms with Crippen LogP contribution in [0.25, 0.3) is 5.57 Å². The predicted molar refractivity (Wildman–Crippen MR) is 166 cm³/mol.